The smallest absolute Gasteiger partial charge is 0.481 e. The van der Waals surface area contributed by atoms with Gasteiger partial charge >= 0.3 is 11.5 Å². The van der Waals surface area contributed by atoms with Gasteiger partial charge in [0.1, 0.15) is 0 Å². The SMILES string of the molecule is O=C(O)Cc1csc(NC(=O)C(CC2CCCC2)c2ccc(S(=O)(=O)C(F)(F)F)cc2)n1. The first-order valence-corrected chi connectivity index (χ1v) is 12.2. The largest absolute Gasteiger partial charge is 0.501 e. The normalized spacial score (nSPS) is 16.1. The molecule has 1 amide bonds. The number of hydrogen-bond acceptors (Lipinski definition) is 6. The summed E-state index contributed by atoms with van der Waals surface area (Å²) in [5.74, 6) is -1.93. The van der Waals surface area contributed by atoms with Gasteiger partial charge in [0.25, 0.3) is 9.84 Å². The van der Waals surface area contributed by atoms with E-state index < -0.39 is 38.0 Å². The van der Waals surface area contributed by atoms with Crippen molar-refractivity contribution in [1.82, 2.24) is 4.98 Å². The molecular formula is C20H21F3N2O5S2. The maximum atomic E-state index is 13.0. The minimum absolute atomic E-state index is 0.221. The Kier molecular flexibility index (Phi) is 7.23. The number of carboxylic acid groups (broad SMARTS) is 1. The summed E-state index contributed by atoms with van der Waals surface area (Å²) in [6.45, 7) is 0. The predicted octanol–water partition coefficient (Wildman–Crippen LogP) is 4.37. The van der Waals surface area contributed by atoms with Crippen LogP contribution in [0.2, 0.25) is 0 Å². The lowest BCUT2D eigenvalue weighted by Gasteiger charge is -2.20. The number of benzene rings is 1. The summed E-state index contributed by atoms with van der Waals surface area (Å²) in [7, 11) is -5.47. The van der Waals surface area contributed by atoms with Crippen LogP contribution in [0.3, 0.4) is 0 Å². The van der Waals surface area contributed by atoms with Crippen LogP contribution in [0, 0.1) is 5.92 Å². The quantitative estimate of drug-likeness (QED) is 0.568. The number of nitrogens with one attached hydrogen (secondary N) is 1. The third-order valence-corrected chi connectivity index (χ3v) is 7.68. The second-order valence-electron chi connectivity index (χ2n) is 7.66. The Bertz CT molecular complexity index is 1080. The molecule has 174 valence electrons. The van der Waals surface area contributed by atoms with E-state index in [-0.39, 0.29) is 17.5 Å². The number of aliphatic carboxylic acids is 1. The number of sulfone groups is 1. The zero-order valence-corrected chi connectivity index (χ0v) is 18.4. The van der Waals surface area contributed by atoms with E-state index >= 15 is 0 Å². The summed E-state index contributed by atoms with van der Waals surface area (Å²) < 4.78 is 61.6. The first-order valence-electron chi connectivity index (χ1n) is 9.85. The third-order valence-electron chi connectivity index (χ3n) is 5.37. The van der Waals surface area contributed by atoms with Crippen LogP contribution in [0.25, 0.3) is 0 Å². The number of halogens is 3. The maximum absolute atomic E-state index is 13.0. The van der Waals surface area contributed by atoms with Crippen molar-refractivity contribution in [1.29, 1.82) is 0 Å². The predicted molar refractivity (Wildman–Crippen MR) is 111 cm³/mol. The molecule has 1 aromatic heterocycles. The second-order valence-corrected chi connectivity index (χ2v) is 10.5. The molecule has 7 nitrogen and oxygen atoms in total. The van der Waals surface area contributed by atoms with Crippen molar-refractivity contribution in [3.8, 4) is 0 Å². The second kappa shape index (κ2) is 9.57. The molecule has 1 aliphatic rings. The van der Waals surface area contributed by atoms with Gasteiger partial charge in [0.2, 0.25) is 5.91 Å². The Hall–Kier alpha value is -2.47. The minimum Gasteiger partial charge on any atom is -0.481 e. The number of amides is 1. The standard InChI is InChI=1S/C20H21F3N2O5S2/c21-20(22,23)32(29,30)15-7-5-13(6-8-15)16(9-12-3-1-2-4-12)18(28)25-19-24-14(11-31-19)10-17(26)27/h5-8,11-12,16H,1-4,9-10H2,(H,26,27)(H,24,25,28). The fraction of sp³-hybridized carbons (Fsp3) is 0.450. The molecule has 2 aromatic rings. The number of carbonyl (C=O) groups excluding carboxylic acids is 1. The van der Waals surface area contributed by atoms with E-state index in [0.717, 1.165) is 49.2 Å². The molecule has 1 aromatic carbocycles. The molecule has 1 saturated carbocycles. The molecule has 0 aliphatic heterocycles. The van der Waals surface area contributed by atoms with Crippen molar-refractivity contribution in [3.05, 3.63) is 40.9 Å². The van der Waals surface area contributed by atoms with E-state index in [1.165, 1.54) is 17.5 Å². The Morgan fingerprint density at radius 1 is 1.19 bits per heavy atom. The molecule has 0 spiro atoms. The Balaban J connectivity index is 1.83. The van der Waals surface area contributed by atoms with Crippen molar-refractivity contribution in [2.45, 2.75) is 54.8 Å². The number of rotatable bonds is 8. The summed E-state index contributed by atoms with van der Waals surface area (Å²) in [6, 6.07) is 4.19. The Morgan fingerprint density at radius 2 is 1.81 bits per heavy atom. The number of alkyl halides is 3. The van der Waals surface area contributed by atoms with Crippen LogP contribution in [0.4, 0.5) is 18.3 Å². The first kappa shape index (κ1) is 24.2. The number of anilines is 1. The molecular weight excluding hydrogens is 469 g/mol. The lowest BCUT2D eigenvalue weighted by molar-refractivity contribution is -0.136. The number of carbonyl (C=O) groups is 2. The molecule has 1 atom stereocenters. The van der Waals surface area contributed by atoms with Crippen LogP contribution in [0.1, 0.15) is 49.3 Å². The van der Waals surface area contributed by atoms with Gasteiger partial charge in [0.05, 0.1) is 22.9 Å². The average Bonchev–Trinajstić information content (AvgIpc) is 3.37. The molecule has 2 N–H and O–H groups in total. The number of aromatic nitrogens is 1. The van der Waals surface area contributed by atoms with Gasteiger partial charge in [-0.2, -0.15) is 13.2 Å². The van der Waals surface area contributed by atoms with Crippen LogP contribution in [0.5, 0.6) is 0 Å². The fourth-order valence-corrected chi connectivity index (χ4v) is 5.25. The number of carboxylic acids is 1. The molecule has 1 unspecified atom stereocenters. The summed E-state index contributed by atoms with van der Waals surface area (Å²) in [5.41, 5.74) is -4.71. The van der Waals surface area contributed by atoms with Gasteiger partial charge < -0.3 is 10.4 Å². The van der Waals surface area contributed by atoms with Crippen molar-refractivity contribution in [2.24, 2.45) is 5.92 Å². The molecule has 3 rings (SSSR count). The zero-order valence-electron chi connectivity index (χ0n) is 16.8. The van der Waals surface area contributed by atoms with Gasteiger partial charge in [-0.15, -0.1) is 11.3 Å². The highest BCUT2D eigenvalue weighted by Crippen LogP contribution is 2.36. The minimum atomic E-state index is -5.47. The van der Waals surface area contributed by atoms with E-state index in [1.807, 2.05) is 0 Å². The van der Waals surface area contributed by atoms with Crippen molar-refractivity contribution < 1.29 is 36.3 Å². The van der Waals surface area contributed by atoms with Gasteiger partial charge in [-0.1, -0.05) is 37.8 Å². The van der Waals surface area contributed by atoms with E-state index in [4.69, 9.17) is 5.11 Å². The maximum Gasteiger partial charge on any atom is 0.501 e. The molecule has 1 heterocycles. The van der Waals surface area contributed by atoms with E-state index in [0.29, 0.717) is 17.7 Å². The summed E-state index contributed by atoms with van der Waals surface area (Å²) >= 11 is 1.07. The van der Waals surface area contributed by atoms with Crippen LogP contribution in [0.15, 0.2) is 34.5 Å². The number of thiazole rings is 1. The van der Waals surface area contributed by atoms with Gasteiger partial charge in [0, 0.05) is 5.38 Å². The van der Waals surface area contributed by atoms with Crippen LogP contribution in [-0.4, -0.2) is 35.9 Å². The number of hydrogen-bond donors (Lipinski definition) is 2. The molecule has 1 fully saturated rings. The Labute approximate surface area is 186 Å². The summed E-state index contributed by atoms with van der Waals surface area (Å²) in [5, 5.41) is 13.2. The lowest BCUT2D eigenvalue weighted by Crippen LogP contribution is -2.24. The molecule has 12 heteroatoms. The van der Waals surface area contributed by atoms with Gasteiger partial charge in [-0.05, 0) is 30.0 Å². The highest BCUT2D eigenvalue weighted by atomic mass is 32.2. The number of nitrogens with zero attached hydrogens (tertiary/aromatic N) is 1. The van der Waals surface area contributed by atoms with Crippen LogP contribution < -0.4 is 5.32 Å². The molecule has 32 heavy (non-hydrogen) atoms. The first-order chi connectivity index (χ1) is 15.0. The average molecular weight is 491 g/mol. The molecule has 1 aliphatic carbocycles. The third kappa shape index (κ3) is 5.66. The topological polar surface area (TPSA) is 113 Å². The van der Waals surface area contributed by atoms with Crippen molar-refractivity contribution >= 4 is 38.2 Å². The highest BCUT2D eigenvalue weighted by Gasteiger charge is 2.46. The van der Waals surface area contributed by atoms with E-state index in [2.05, 4.69) is 10.3 Å². The molecule has 0 saturated heterocycles. The van der Waals surface area contributed by atoms with Gasteiger partial charge in [-0.3, -0.25) is 9.59 Å². The lowest BCUT2D eigenvalue weighted by atomic mass is 9.87. The molecule has 0 bridgehead atoms. The monoisotopic (exact) mass is 490 g/mol. The summed E-state index contributed by atoms with van der Waals surface area (Å²) in [4.78, 5) is 27.0. The fourth-order valence-electron chi connectivity index (χ4n) is 3.78. The van der Waals surface area contributed by atoms with Gasteiger partial charge in [-0.25, -0.2) is 13.4 Å². The van der Waals surface area contributed by atoms with E-state index in [9.17, 15) is 31.2 Å². The van der Waals surface area contributed by atoms with E-state index in [1.54, 1.807) is 0 Å². The van der Waals surface area contributed by atoms with Crippen LogP contribution in [-0.2, 0) is 25.8 Å². The highest BCUT2D eigenvalue weighted by molar-refractivity contribution is 7.92. The zero-order chi connectivity index (χ0) is 23.5. The van der Waals surface area contributed by atoms with Crippen molar-refractivity contribution in [3.63, 3.8) is 0 Å². The van der Waals surface area contributed by atoms with Gasteiger partial charge in [0.15, 0.2) is 5.13 Å². The van der Waals surface area contributed by atoms with Crippen molar-refractivity contribution in [2.75, 3.05) is 5.32 Å². The molecule has 0 radical (unpaired) electrons. The summed E-state index contributed by atoms with van der Waals surface area (Å²) in [6.07, 6.45) is 4.12. The van der Waals surface area contributed by atoms with Crippen LogP contribution >= 0.6 is 11.3 Å². The Morgan fingerprint density at radius 3 is 2.38 bits per heavy atom.